The van der Waals surface area contributed by atoms with Crippen molar-refractivity contribution < 1.29 is 0 Å². The van der Waals surface area contributed by atoms with Crippen LogP contribution in [0.5, 0.6) is 0 Å². The SMILES string of the molecule is CCC1(CC)CN(CC2CSc3ccccc32)CCCN1. The molecule has 3 heteroatoms. The van der Waals surface area contributed by atoms with Crippen LogP contribution in [0.2, 0.25) is 0 Å². The van der Waals surface area contributed by atoms with Crippen LogP contribution in [0.15, 0.2) is 29.2 Å². The molecule has 0 bridgehead atoms. The van der Waals surface area contributed by atoms with E-state index < -0.39 is 0 Å². The molecule has 0 amide bonds. The minimum absolute atomic E-state index is 0.335. The van der Waals surface area contributed by atoms with Crippen LogP contribution in [-0.2, 0) is 0 Å². The molecule has 3 rings (SSSR count). The van der Waals surface area contributed by atoms with Crippen molar-refractivity contribution in [3.63, 3.8) is 0 Å². The van der Waals surface area contributed by atoms with E-state index >= 15 is 0 Å². The third-order valence-electron chi connectivity index (χ3n) is 5.31. The standard InChI is InChI=1S/C18H28N2S/c1-3-18(4-2)14-20(11-7-10-19-18)12-15-13-21-17-9-6-5-8-16(15)17/h5-6,8-9,15,19H,3-4,7,10-14H2,1-2H3. The summed E-state index contributed by atoms with van der Waals surface area (Å²) < 4.78 is 0. The maximum Gasteiger partial charge on any atom is 0.0303 e. The topological polar surface area (TPSA) is 15.3 Å². The molecule has 2 aliphatic heterocycles. The number of hydrogen-bond acceptors (Lipinski definition) is 3. The average Bonchev–Trinajstić information content (AvgIpc) is 2.81. The number of fused-ring (bicyclic) bond motifs is 1. The molecule has 1 aromatic rings. The van der Waals surface area contributed by atoms with Gasteiger partial charge in [-0.25, -0.2) is 0 Å². The fourth-order valence-corrected chi connectivity index (χ4v) is 5.03. The lowest BCUT2D eigenvalue weighted by Crippen LogP contribution is -2.51. The molecule has 116 valence electrons. The molecule has 1 unspecified atom stereocenters. The van der Waals surface area contributed by atoms with Gasteiger partial charge in [0.25, 0.3) is 0 Å². The number of rotatable bonds is 4. The number of nitrogens with zero attached hydrogens (tertiary/aromatic N) is 1. The molecular weight excluding hydrogens is 276 g/mol. The predicted octanol–water partition coefficient (Wildman–Crippen LogP) is 3.73. The summed E-state index contributed by atoms with van der Waals surface area (Å²) in [6.07, 6.45) is 3.75. The third kappa shape index (κ3) is 3.30. The van der Waals surface area contributed by atoms with E-state index in [1.807, 2.05) is 11.8 Å². The highest BCUT2D eigenvalue weighted by Crippen LogP contribution is 2.39. The van der Waals surface area contributed by atoms with Crippen LogP contribution < -0.4 is 5.32 Å². The first kappa shape index (κ1) is 15.4. The maximum absolute atomic E-state index is 3.82. The Hall–Kier alpha value is -0.510. The van der Waals surface area contributed by atoms with E-state index in [1.54, 1.807) is 5.56 Å². The molecule has 2 heterocycles. The fraction of sp³-hybridized carbons (Fsp3) is 0.667. The van der Waals surface area contributed by atoms with Crippen LogP contribution in [0.4, 0.5) is 0 Å². The molecule has 1 N–H and O–H groups in total. The van der Waals surface area contributed by atoms with Crippen molar-refractivity contribution in [1.82, 2.24) is 10.2 Å². The Labute approximate surface area is 133 Å². The average molecular weight is 305 g/mol. The Kier molecular flexibility index (Phi) is 4.92. The van der Waals surface area contributed by atoms with Gasteiger partial charge in [0.1, 0.15) is 0 Å². The normalized spacial score (nSPS) is 25.5. The zero-order chi connectivity index (χ0) is 14.7. The summed E-state index contributed by atoms with van der Waals surface area (Å²) in [6, 6.07) is 8.99. The lowest BCUT2D eigenvalue weighted by molar-refractivity contribution is 0.191. The number of thioether (sulfide) groups is 1. The fourth-order valence-electron chi connectivity index (χ4n) is 3.79. The first-order chi connectivity index (χ1) is 10.3. The predicted molar refractivity (Wildman–Crippen MR) is 92.3 cm³/mol. The van der Waals surface area contributed by atoms with Crippen molar-refractivity contribution in [3.8, 4) is 0 Å². The highest BCUT2D eigenvalue weighted by atomic mass is 32.2. The molecule has 1 atom stereocenters. The molecule has 1 saturated heterocycles. The van der Waals surface area contributed by atoms with Gasteiger partial charge in [-0.3, -0.25) is 0 Å². The molecule has 0 spiro atoms. The van der Waals surface area contributed by atoms with Crippen LogP contribution in [-0.4, -0.2) is 42.4 Å². The van der Waals surface area contributed by atoms with Crippen LogP contribution in [0.25, 0.3) is 0 Å². The van der Waals surface area contributed by atoms with Crippen molar-refractivity contribution in [1.29, 1.82) is 0 Å². The number of nitrogens with one attached hydrogen (secondary N) is 1. The Morgan fingerprint density at radius 3 is 2.90 bits per heavy atom. The summed E-state index contributed by atoms with van der Waals surface area (Å²) in [5, 5.41) is 3.82. The quantitative estimate of drug-likeness (QED) is 0.912. The van der Waals surface area contributed by atoms with Gasteiger partial charge in [-0.15, -0.1) is 11.8 Å². The second kappa shape index (κ2) is 6.72. The zero-order valence-electron chi connectivity index (χ0n) is 13.4. The van der Waals surface area contributed by atoms with E-state index in [0.29, 0.717) is 5.54 Å². The van der Waals surface area contributed by atoms with Gasteiger partial charge in [0, 0.05) is 35.2 Å². The van der Waals surface area contributed by atoms with E-state index in [1.165, 1.54) is 56.1 Å². The van der Waals surface area contributed by atoms with Gasteiger partial charge in [-0.1, -0.05) is 32.0 Å². The van der Waals surface area contributed by atoms with Crippen molar-refractivity contribution in [3.05, 3.63) is 29.8 Å². The summed E-state index contributed by atoms with van der Waals surface area (Å²) in [6.45, 7) is 9.53. The van der Waals surface area contributed by atoms with Gasteiger partial charge in [0.2, 0.25) is 0 Å². The molecule has 21 heavy (non-hydrogen) atoms. The minimum atomic E-state index is 0.335. The molecule has 0 aromatic heterocycles. The smallest absolute Gasteiger partial charge is 0.0303 e. The van der Waals surface area contributed by atoms with Crippen LogP contribution in [0.3, 0.4) is 0 Å². The lowest BCUT2D eigenvalue weighted by Gasteiger charge is -2.36. The molecule has 1 aromatic carbocycles. The van der Waals surface area contributed by atoms with Crippen molar-refractivity contribution >= 4 is 11.8 Å². The first-order valence-electron chi connectivity index (χ1n) is 8.45. The second-order valence-corrected chi connectivity index (χ2v) is 7.61. The number of benzene rings is 1. The lowest BCUT2D eigenvalue weighted by atomic mass is 9.91. The van der Waals surface area contributed by atoms with Gasteiger partial charge < -0.3 is 10.2 Å². The third-order valence-corrected chi connectivity index (χ3v) is 6.56. The molecule has 2 aliphatic rings. The van der Waals surface area contributed by atoms with Gasteiger partial charge in [-0.05, 0) is 44.0 Å². The zero-order valence-corrected chi connectivity index (χ0v) is 14.2. The summed E-state index contributed by atoms with van der Waals surface area (Å²) in [4.78, 5) is 4.23. The minimum Gasteiger partial charge on any atom is -0.310 e. The first-order valence-corrected chi connectivity index (χ1v) is 9.44. The van der Waals surface area contributed by atoms with Crippen LogP contribution in [0, 0.1) is 0 Å². The maximum atomic E-state index is 3.82. The van der Waals surface area contributed by atoms with Crippen LogP contribution >= 0.6 is 11.8 Å². The van der Waals surface area contributed by atoms with Gasteiger partial charge in [-0.2, -0.15) is 0 Å². The van der Waals surface area contributed by atoms with Gasteiger partial charge in [0.05, 0.1) is 0 Å². The van der Waals surface area contributed by atoms with Crippen LogP contribution in [0.1, 0.15) is 44.6 Å². The molecule has 0 aliphatic carbocycles. The van der Waals surface area contributed by atoms with E-state index in [4.69, 9.17) is 0 Å². The monoisotopic (exact) mass is 304 g/mol. The Bertz CT molecular complexity index is 470. The van der Waals surface area contributed by atoms with Crippen molar-refractivity contribution in [2.75, 3.05) is 31.9 Å². The van der Waals surface area contributed by atoms with Gasteiger partial charge >= 0.3 is 0 Å². The van der Waals surface area contributed by atoms with Crippen molar-refractivity contribution in [2.24, 2.45) is 0 Å². The van der Waals surface area contributed by atoms with Gasteiger partial charge in [0.15, 0.2) is 0 Å². The Balaban J connectivity index is 1.70. The summed E-state index contributed by atoms with van der Waals surface area (Å²) in [5.41, 5.74) is 1.92. The van der Waals surface area contributed by atoms with E-state index in [0.717, 1.165) is 5.92 Å². The molecule has 1 fully saturated rings. The highest BCUT2D eigenvalue weighted by molar-refractivity contribution is 7.99. The Morgan fingerprint density at radius 2 is 2.10 bits per heavy atom. The Morgan fingerprint density at radius 1 is 1.29 bits per heavy atom. The largest absolute Gasteiger partial charge is 0.310 e. The molecular formula is C18H28N2S. The summed E-state index contributed by atoms with van der Waals surface area (Å²) >= 11 is 2.04. The summed E-state index contributed by atoms with van der Waals surface area (Å²) in [7, 11) is 0. The second-order valence-electron chi connectivity index (χ2n) is 6.55. The highest BCUT2D eigenvalue weighted by Gasteiger charge is 2.32. The summed E-state index contributed by atoms with van der Waals surface area (Å²) in [5.74, 6) is 1.98. The molecule has 0 radical (unpaired) electrons. The van der Waals surface area contributed by atoms with Crippen molar-refractivity contribution in [2.45, 2.75) is 49.5 Å². The molecule has 0 saturated carbocycles. The van der Waals surface area contributed by atoms with E-state index in [9.17, 15) is 0 Å². The van der Waals surface area contributed by atoms with E-state index in [2.05, 4.69) is 48.3 Å². The number of hydrogen-bond donors (Lipinski definition) is 1. The molecule has 2 nitrogen and oxygen atoms in total. The van der Waals surface area contributed by atoms with E-state index in [-0.39, 0.29) is 0 Å².